The summed E-state index contributed by atoms with van der Waals surface area (Å²) in [4.78, 5) is 34.3. The second kappa shape index (κ2) is 10.9. The van der Waals surface area contributed by atoms with E-state index in [9.17, 15) is 14.4 Å². The van der Waals surface area contributed by atoms with E-state index >= 15 is 0 Å². The maximum Gasteiger partial charge on any atom is 0.511 e. The van der Waals surface area contributed by atoms with Gasteiger partial charge in [0.1, 0.15) is 0 Å². The van der Waals surface area contributed by atoms with Crippen molar-refractivity contribution in [2.24, 2.45) is 23.7 Å². The molecule has 7 heteroatoms. The third-order valence-corrected chi connectivity index (χ3v) is 3.17. The lowest BCUT2D eigenvalue weighted by molar-refractivity contribution is -0.183. The van der Waals surface area contributed by atoms with E-state index in [1.807, 2.05) is 13.8 Å². The third-order valence-electron chi connectivity index (χ3n) is 3.17. The van der Waals surface area contributed by atoms with Crippen molar-refractivity contribution in [1.82, 2.24) is 0 Å². The zero-order valence-corrected chi connectivity index (χ0v) is 15.4. The number of hydrogen-bond donors (Lipinski definition) is 1. The molecule has 0 fully saturated rings. The first kappa shape index (κ1) is 22.2. The van der Waals surface area contributed by atoms with Gasteiger partial charge >= 0.3 is 18.1 Å². The Kier molecular flexibility index (Phi) is 10.1. The number of carbonyl (C=O) groups is 3. The Bertz CT molecular complexity index is 415. The van der Waals surface area contributed by atoms with Gasteiger partial charge in [-0.1, -0.05) is 41.5 Å². The molecule has 0 aliphatic carbocycles. The first-order chi connectivity index (χ1) is 11.0. The summed E-state index contributed by atoms with van der Waals surface area (Å²) in [6.07, 6.45) is -1.46. The average molecular weight is 346 g/mol. The molecule has 0 saturated heterocycles. The van der Waals surface area contributed by atoms with Gasteiger partial charge < -0.3 is 19.3 Å². The fraction of sp³-hybridized carbons (Fsp3) is 0.824. The van der Waals surface area contributed by atoms with Gasteiger partial charge in [-0.2, -0.15) is 0 Å². The van der Waals surface area contributed by atoms with Crippen LogP contribution in [0.15, 0.2) is 0 Å². The molecule has 140 valence electrons. The quantitative estimate of drug-likeness (QED) is 0.477. The van der Waals surface area contributed by atoms with E-state index in [0.29, 0.717) is 6.42 Å². The molecule has 1 N–H and O–H groups in total. The topological polar surface area (TPSA) is 99.1 Å². The predicted octanol–water partition coefficient (Wildman–Crippen LogP) is 3.46. The van der Waals surface area contributed by atoms with Crippen molar-refractivity contribution in [3.63, 3.8) is 0 Å². The molecule has 0 aromatic carbocycles. The van der Waals surface area contributed by atoms with Crippen molar-refractivity contribution in [2.45, 2.75) is 60.7 Å². The first-order valence-corrected chi connectivity index (χ1v) is 8.28. The van der Waals surface area contributed by atoms with E-state index in [1.54, 1.807) is 27.7 Å². The monoisotopic (exact) mass is 346 g/mol. The van der Waals surface area contributed by atoms with Crippen LogP contribution in [-0.4, -0.2) is 36.1 Å². The number of carboxylic acid groups (broad SMARTS) is 1. The Morgan fingerprint density at radius 3 is 1.96 bits per heavy atom. The van der Waals surface area contributed by atoms with Crippen molar-refractivity contribution in [1.29, 1.82) is 0 Å². The van der Waals surface area contributed by atoms with Gasteiger partial charge in [-0.15, -0.1) is 0 Å². The van der Waals surface area contributed by atoms with E-state index in [4.69, 9.17) is 19.3 Å². The van der Waals surface area contributed by atoms with Gasteiger partial charge in [-0.05, 0) is 12.3 Å². The molecule has 0 bridgehead atoms. The lowest BCUT2D eigenvalue weighted by atomic mass is 9.95. The molecule has 0 rings (SSSR count). The molecule has 0 aromatic rings. The van der Waals surface area contributed by atoms with Crippen molar-refractivity contribution < 1.29 is 33.7 Å². The fourth-order valence-electron chi connectivity index (χ4n) is 1.99. The number of esters is 1. The number of carboxylic acids is 1. The van der Waals surface area contributed by atoms with Crippen molar-refractivity contribution in [2.75, 3.05) is 6.61 Å². The molecule has 0 aliphatic heterocycles. The Hall–Kier alpha value is -1.79. The van der Waals surface area contributed by atoms with E-state index in [0.717, 1.165) is 0 Å². The summed E-state index contributed by atoms with van der Waals surface area (Å²) in [7, 11) is 0. The molecule has 0 spiro atoms. The molecular formula is C17H30O7. The number of aliphatic carboxylic acids is 1. The maximum absolute atomic E-state index is 11.8. The second-order valence-electron chi connectivity index (χ2n) is 6.98. The van der Waals surface area contributed by atoms with Crippen LogP contribution in [-0.2, 0) is 23.8 Å². The minimum atomic E-state index is -1.03. The van der Waals surface area contributed by atoms with Gasteiger partial charge in [0.15, 0.2) is 0 Å². The van der Waals surface area contributed by atoms with E-state index in [-0.39, 0.29) is 36.7 Å². The van der Waals surface area contributed by atoms with Crippen LogP contribution in [0.1, 0.15) is 54.4 Å². The first-order valence-electron chi connectivity index (χ1n) is 8.28. The van der Waals surface area contributed by atoms with Crippen LogP contribution in [0.5, 0.6) is 0 Å². The molecule has 0 aromatic heterocycles. The van der Waals surface area contributed by atoms with Gasteiger partial charge in [-0.3, -0.25) is 9.59 Å². The Balaban J connectivity index is 4.54. The lowest BCUT2D eigenvalue weighted by Crippen LogP contribution is -2.32. The minimum Gasteiger partial charge on any atom is -0.481 e. The minimum absolute atomic E-state index is 0.0493. The highest BCUT2D eigenvalue weighted by molar-refractivity contribution is 5.72. The standard InChI is InChI=1S/C17H30O7/c1-10(2)7-13(8-14(18)19)9-22-17(21)24-16(12(5)6)23-15(20)11(3)4/h10-13,16H,7-9H2,1-6H3,(H,18,19). The number of carbonyl (C=O) groups excluding carboxylic acids is 2. The largest absolute Gasteiger partial charge is 0.511 e. The fourth-order valence-corrected chi connectivity index (χ4v) is 1.99. The molecule has 0 radical (unpaired) electrons. The SMILES string of the molecule is CC(C)CC(COC(=O)OC(OC(=O)C(C)C)C(C)C)CC(=O)O. The van der Waals surface area contributed by atoms with Crippen molar-refractivity contribution in [3.8, 4) is 0 Å². The Morgan fingerprint density at radius 2 is 1.54 bits per heavy atom. The number of ether oxygens (including phenoxy) is 3. The zero-order chi connectivity index (χ0) is 18.9. The normalized spacial score (nSPS) is 13.7. The van der Waals surface area contributed by atoms with Gasteiger partial charge in [-0.25, -0.2) is 4.79 Å². The Labute approximate surface area is 143 Å². The summed E-state index contributed by atoms with van der Waals surface area (Å²) in [6, 6.07) is 0. The summed E-state index contributed by atoms with van der Waals surface area (Å²) >= 11 is 0. The smallest absolute Gasteiger partial charge is 0.481 e. The van der Waals surface area contributed by atoms with Crippen molar-refractivity contribution >= 4 is 18.1 Å². The summed E-state index contributed by atoms with van der Waals surface area (Å²) in [5.74, 6) is -1.98. The molecule has 0 saturated carbocycles. The summed E-state index contributed by atoms with van der Waals surface area (Å²) < 4.78 is 15.2. The second-order valence-corrected chi connectivity index (χ2v) is 6.98. The molecule has 2 unspecified atom stereocenters. The maximum atomic E-state index is 11.8. The number of rotatable bonds is 10. The van der Waals surface area contributed by atoms with Gasteiger partial charge in [0.25, 0.3) is 6.29 Å². The van der Waals surface area contributed by atoms with Crippen LogP contribution in [0.3, 0.4) is 0 Å². The third kappa shape index (κ3) is 10.1. The van der Waals surface area contributed by atoms with E-state index < -0.39 is 24.4 Å². The van der Waals surface area contributed by atoms with Crippen LogP contribution < -0.4 is 0 Å². The molecule has 0 amide bonds. The summed E-state index contributed by atoms with van der Waals surface area (Å²) in [5.41, 5.74) is 0. The summed E-state index contributed by atoms with van der Waals surface area (Å²) in [6.45, 7) is 10.7. The lowest BCUT2D eigenvalue weighted by Gasteiger charge is -2.23. The van der Waals surface area contributed by atoms with Crippen LogP contribution in [0.25, 0.3) is 0 Å². The molecular weight excluding hydrogens is 316 g/mol. The highest BCUT2D eigenvalue weighted by atomic mass is 16.8. The van der Waals surface area contributed by atoms with Crippen molar-refractivity contribution in [3.05, 3.63) is 0 Å². The van der Waals surface area contributed by atoms with Gasteiger partial charge in [0.2, 0.25) is 0 Å². The number of hydrogen-bond acceptors (Lipinski definition) is 6. The highest BCUT2D eigenvalue weighted by Crippen LogP contribution is 2.17. The molecule has 7 nitrogen and oxygen atoms in total. The molecule has 2 atom stereocenters. The van der Waals surface area contributed by atoms with Crippen LogP contribution in [0, 0.1) is 23.7 Å². The van der Waals surface area contributed by atoms with E-state index in [1.165, 1.54) is 0 Å². The van der Waals surface area contributed by atoms with Crippen LogP contribution in [0.4, 0.5) is 4.79 Å². The highest BCUT2D eigenvalue weighted by Gasteiger charge is 2.26. The average Bonchev–Trinajstić information content (AvgIpc) is 2.42. The van der Waals surface area contributed by atoms with Gasteiger partial charge in [0, 0.05) is 11.8 Å². The predicted molar refractivity (Wildman–Crippen MR) is 87.2 cm³/mol. The molecule has 0 aliphatic rings. The van der Waals surface area contributed by atoms with Gasteiger partial charge in [0.05, 0.1) is 18.9 Å². The summed E-state index contributed by atoms with van der Waals surface area (Å²) in [5, 5.41) is 8.90. The zero-order valence-electron chi connectivity index (χ0n) is 15.4. The molecule has 0 heterocycles. The van der Waals surface area contributed by atoms with Crippen LogP contribution >= 0.6 is 0 Å². The Morgan fingerprint density at radius 1 is 0.958 bits per heavy atom. The van der Waals surface area contributed by atoms with Crippen LogP contribution in [0.2, 0.25) is 0 Å². The molecule has 24 heavy (non-hydrogen) atoms. The van der Waals surface area contributed by atoms with E-state index in [2.05, 4.69) is 0 Å².